The smallest absolute Gasteiger partial charge is 0.165 e. The molecule has 16 heavy (non-hydrogen) atoms. The van der Waals surface area contributed by atoms with Crippen molar-refractivity contribution in [2.24, 2.45) is 0 Å². The minimum Gasteiger partial charge on any atom is -0.484 e. The second kappa shape index (κ2) is 4.06. The highest BCUT2D eigenvalue weighted by Crippen LogP contribution is 2.40. The van der Waals surface area contributed by atoms with E-state index in [0.717, 1.165) is 18.5 Å². The van der Waals surface area contributed by atoms with Crippen molar-refractivity contribution in [3.05, 3.63) is 29.6 Å². The number of para-hydroxylation sites is 1. The molecule has 0 spiro atoms. The van der Waals surface area contributed by atoms with Gasteiger partial charge in [0.25, 0.3) is 0 Å². The monoisotopic (exact) mass is 223 g/mol. The zero-order valence-corrected chi connectivity index (χ0v) is 10.0. The van der Waals surface area contributed by atoms with Gasteiger partial charge in [0.15, 0.2) is 11.6 Å². The van der Waals surface area contributed by atoms with Crippen molar-refractivity contribution in [1.29, 1.82) is 0 Å². The molecule has 1 N–H and O–H groups in total. The molecule has 0 amide bonds. The van der Waals surface area contributed by atoms with Gasteiger partial charge in [-0.15, -0.1) is 0 Å². The summed E-state index contributed by atoms with van der Waals surface area (Å²) in [5.74, 6) is 0.137. The predicted molar refractivity (Wildman–Crippen MR) is 62.1 cm³/mol. The zero-order chi connectivity index (χ0) is 11.8. The van der Waals surface area contributed by atoms with E-state index in [1.165, 1.54) is 6.07 Å². The summed E-state index contributed by atoms with van der Waals surface area (Å²) in [5, 5.41) is 3.38. The highest BCUT2D eigenvalue weighted by molar-refractivity contribution is 5.40. The minimum absolute atomic E-state index is 0.180. The van der Waals surface area contributed by atoms with Gasteiger partial charge in [0.2, 0.25) is 0 Å². The van der Waals surface area contributed by atoms with Crippen molar-refractivity contribution in [2.75, 3.05) is 6.54 Å². The number of hydrogen-bond donors (Lipinski definition) is 1. The van der Waals surface area contributed by atoms with Crippen LogP contribution in [0.2, 0.25) is 0 Å². The van der Waals surface area contributed by atoms with E-state index in [4.69, 9.17) is 4.74 Å². The van der Waals surface area contributed by atoms with E-state index in [-0.39, 0.29) is 17.5 Å². The van der Waals surface area contributed by atoms with Gasteiger partial charge >= 0.3 is 0 Å². The highest BCUT2D eigenvalue weighted by Gasteiger charge is 2.34. The molecular formula is C13H18FNO. The first-order chi connectivity index (χ1) is 7.53. The molecule has 1 aliphatic heterocycles. The molecule has 1 aromatic rings. The van der Waals surface area contributed by atoms with Gasteiger partial charge in [-0.3, -0.25) is 0 Å². The minimum atomic E-state index is -0.317. The summed E-state index contributed by atoms with van der Waals surface area (Å²) >= 11 is 0. The third-order valence-electron chi connectivity index (χ3n) is 2.90. The second-order valence-corrected chi connectivity index (χ2v) is 4.83. The lowest BCUT2D eigenvalue weighted by Crippen LogP contribution is -2.39. The molecule has 0 radical (unpaired) electrons. The van der Waals surface area contributed by atoms with Gasteiger partial charge in [0.1, 0.15) is 5.60 Å². The van der Waals surface area contributed by atoms with E-state index in [2.05, 4.69) is 12.2 Å². The Bertz CT molecular complexity index is 390. The van der Waals surface area contributed by atoms with E-state index >= 15 is 0 Å². The first-order valence-electron chi connectivity index (χ1n) is 5.74. The Morgan fingerprint density at radius 2 is 2.25 bits per heavy atom. The van der Waals surface area contributed by atoms with Crippen LogP contribution in [0, 0.1) is 5.82 Å². The summed E-state index contributed by atoms with van der Waals surface area (Å²) in [6.07, 6.45) is 0.858. The van der Waals surface area contributed by atoms with Crippen molar-refractivity contribution < 1.29 is 9.13 Å². The third-order valence-corrected chi connectivity index (χ3v) is 2.90. The molecule has 0 aliphatic carbocycles. The molecule has 0 saturated carbocycles. The molecule has 0 fully saturated rings. The Morgan fingerprint density at radius 1 is 1.50 bits per heavy atom. The van der Waals surface area contributed by atoms with Gasteiger partial charge in [-0.1, -0.05) is 19.1 Å². The summed E-state index contributed by atoms with van der Waals surface area (Å²) in [7, 11) is 0. The SMILES string of the molecule is CCNC1CC(C)(C)Oc2c(F)cccc21. The fourth-order valence-corrected chi connectivity index (χ4v) is 2.26. The average Bonchev–Trinajstić information content (AvgIpc) is 2.19. The standard InChI is InChI=1S/C13H18FNO/c1-4-15-11-8-13(2,3)16-12-9(11)6-5-7-10(12)14/h5-7,11,15H,4,8H2,1-3H3. The van der Waals surface area contributed by atoms with Crippen LogP contribution >= 0.6 is 0 Å². The molecule has 0 bridgehead atoms. The number of nitrogens with one attached hydrogen (secondary N) is 1. The lowest BCUT2D eigenvalue weighted by molar-refractivity contribution is 0.0612. The van der Waals surface area contributed by atoms with Gasteiger partial charge < -0.3 is 10.1 Å². The molecule has 1 heterocycles. The van der Waals surface area contributed by atoms with Crippen molar-refractivity contribution in [1.82, 2.24) is 5.32 Å². The highest BCUT2D eigenvalue weighted by atomic mass is 19.1. The Balaban J connectivity index is 2.42. The molecule has 1 atom stereocenters. The summed E-state index contributed by atoms with van der Waals surface area (Å²) in [6, 6.07) is 5.30. The molecule has 3 heteroatoms. The van der Waals surface area contributed by atoms with Crippen LogP contribution < -0.4 is 10.1 Å². The summed E-state index contributed by atoms with van der Waals surface area (Å²) in [4.78, 5) is 0. The maximum Gasteiger partial charge on any atom is 0.165 e. The summed E-state index contributed by atoms with van der Waals surface area (Å²) in [6.45, 7) is 6.91. The topological polar surface area (TPSA) is 21.3 Å². The van der Waals surface area contributed by atoms with Crippen LogP contribution in [0.4, 0.5) is 4.39 Å². The van der Waals surface area contributed by atoms with E-state index in [0.29, 0.717) is 5.75 Å². The average molecular weight is 223 g/mol. The number of ether oxygens (including phenoxy) is 1. The predicted octanol–water partition coefficient (Wildman–Crippen LogP) is 3.04. The van der Waals surface area contributed by atoms with Crippen molar-refractivity contribution >= 4 is 0 Å². The number of hydrogen-bond acceptors (Lipinski definition) is 2. The number of fused-ring (bicyclic) bond motifs is 1. The Kier molecular flexibility index (Phi) is 2.89. The van der Waals surface area contributed by atoms with Gasteiger partial charge in [0, 0.05) is 18.0 Å². The zero-order valence-electron chi connectivity index (χ0n) is 10.0. The molecule has 88 valence electrons. The fraction of sp³-hybridized carbons (Fsp3) is 0.538. The maximum atomic E-state index is 13.7. The molecule has 1 aliphatic rings. The van der Waals surface area contributed by atoms with Crippen molar-refractivity contribution in [3.63, 3.8) is 0 Å². The van der Waals surface area contributed by atoms with E-state index in [1.54, 1.807) is 6.07 Å². The van der Waals surface area contributed by atoms with E-state index < -0.39 is 0 Å². The first-order valence-corrected chi connectivity index (χ1v) is 5.74. The van der Waals surface area contributed by atoms with Crippen molar-refractivity contribution in [2.45, 2.75) is 38.8 Å². The van der Waals surface area contributed by atoms with Crippen LogP contribution in [-0.2, 0) is 0 Å². The van der Waals surface area contributed by atoms with Crippen LogP contribution in [0.1, 0.15) is 38.8 Å². The summed E-state index contributed by atoms with van der Waals surface area (Å²) in [5.41, 5.74) is 0.614. The van der Waals surface area contributed by atoms with Crippen molar-refractivity contribution in [3.8, 4) is 5.75 Å². The molecule has 2 nitrogen and oxygen atoms in total. The second-order valence-electron chi connectivity index (χ2n) is 4.83. The molecule has 0 aromatic heterocycles. The maximum absolute atomic E-state index is 13.7. The molecule has 1 unspecified atom stereocenters. The number of rotatable bonds is 2. The molecular weight excluding hydrogens is 205 g/mol. The lowest BCUT2D eigenvalue weighted by atomic mass is 9.89. The molecule has 1 aromatic carbocycles. The van der Waals surface area contributed by atoms with E-state index in [1.807, 2.05) is 19.9 Å². The number of halogens is 1. The first kappa shape index (κ1) is 11.4. The van der Waals surface area contributed by atoms with E-state index in [9.17, 15) is 4.39 Å². The van der Waals surface area contributed by atoms with Crippen LogP contribution in [-0.4, -0.2) is 12.1 Å². The molecule has 0 saturated heterocycles. The Labute approximate surface area is 95.8 Å². The quantitative estimate of drug-likeness (QED) is 0.832. The van der Waals surface area contributed by atoms with Gasteiger partial charge in [-0.2, -0.15) is 0 Å². The normalized spacial score (nSPS) is 22.4. The van der Waals surface area contributed by atoms with Gasteiger partial charge in [-0.05, 0) is 26.5 Å². The number of benzene rings is 1. The third kappa shape index (κ3) is 2.05. The van der Waals surface area contributed by atoms with Crippen LogP contribution in [0.3, 0.4) is 0 Å². The molecule has 2 rings (SSSR count). The van der Waals surface area contributed by atoms with Crippen LogP contribution in [0.5, 0.6) is 5.75 Å². The van der Waals surface area contributed by atoms with Crippen LogP contribution in [0.15, 0.2) is 18.2 Å². The summed E-state index contributed by atoms with van der Waals surface area (Å²) < 4.78 is 19.4. The Morgan fingerprint density at radius 3 is 2.94 bits per heavy atom. The lowest BCUT2D eigenvalue weighted by Gasteiger charge is -2.38. The van der Waals surface area contributed by atoms with Gasteiger partial charge in [0.05, 0.1) is 0 Å². The Hall–Kier alpha value is -1.09. The van der Waals surface area contributed by atoms with Crippen LogP contribution in [0.25, 0.3) is 0 Å². The van der Waals surface area contributed by atoms with Gasteiger partial charge in [-0.25, -0.2) is 4.39 Å². The fourth-order valence-electron chi connectivity index (χ4n) is 2.26. The largest absolute Gasteiger partial charge is 0.484 e.